The zero-order chi connectivity index (χ0) is 15.5. The number of nitrogens with zero attached hydrogens (tertiary/aromatic N) is 1. The van der Waals surface area contributed by atoms with Gasteiger partial charge in [-0.3, -0.25) is 4.90 Å². The van der Waals surface area contributed by atoms with E-state index in [4.69, 9.17) is 0 Å². The van der Waals surface area contributed by atoms with E-state index in [1.54, 1.807) is 6.07 Å². The van der Waals surface area contributed by atoms with Crippen LogP contribution in [0.4, 0.5) is 4.39 Å². The average molecular weight is 293 g/mol. The van der Waals surface area contributed by atoms with Gasteiger partial charge >= 0.3 is 0 Å². The summed E-state index contributed by atoms with van der Waals surface area (Å²) in [6.45, 7) is 8.19. The van der Waals surface area contributed by atoms with Crippen LogP contribution < -0.4 is 0 Å². The maximum absolute atomic E-state index is 13.2. The molecule has 0 amide bonds. The topological polar surface area (TPSA) is 23.5 Å². The van der Waals surface area contributed by atoms with Crippen LogP contribution in [0.1, 0.15) is 50.7 Å². The van der Waals surface area contributed by atoms with Crippen molar-refractivity contribution in [2.24, 2.45) is 0 Å². The van der Waals surface area contributed by atoms with Gasteiger partial charge in [0.15, 0.2) is 0 Å². The monoisotopic (exact) mass is 293 g/mol. The molecule has 0 spiro atoms. The lowest BCUT2D eigenvalue weighted by molar-refractivity contribution is -0.0245. The minimum absolute atomic E-state index is 0.0929. The maximum Gasteiger partial charge on any atom is 0.123 e. The van der Waals surface area contributed by atoms with Gasteiger partial charge in [0.25, 0.3) is 0 Å². The van der Waals surface area contributed by atoms with Crippen LogP contribution in [0.25, 0.3) is 0 Å². The summed E-state index contributed by atoms with van der Waals surface area (Å²) in [5, 5.41) is 10.9. The Labute approximate surface area is 128 Å². The molecule has 0 bridgehead atoms. The van der Waals surface area contributed by atoms with Crippen LogP contribution in [0.2, 0.25) is 0 Å². The van der Waals surface area contributed by atoms with Gasteiger partial charge in [-0.2, -0.15) is 0 Å². The fourth-order valence-electron chi connectivity index (χ4n) is 3.99. The summed E-state index contributed by atoms with van der Waals surface area (Å²) < 4.78 is 13.2. The van der Waals surface area contributed by atoms with Crippen molar-refractivity contribution in [3.8, 4) is 0 Å². The van der Waals surface area contributed by atoms with Crippen molar-refractivity contribution in [2.45, 2.75) is 64.5 Å². The number of aryl methyl sites for hydroxylation is 1. The zero-order valence-corrected chi connectivity index (χ0v) is 13.5. The Hall–Kier alpha value is -0.930. The summed E-state index contributed by atoms with van der Waals surface area (Å²) in [4.78, 5) is 2.42. The zero-order valence-electron chi connectivity index (χ0n) is 13.5. The molecule has 1 aliphatic rings. The highest BCUT2D eigenvalue weighted by Gasteiger charge is 2.44. The Morgan fingerprint density at radius 2 is 1.86 bits per heavy atom. The molecular formula is C18H28FNO. The number of aliphatic hydroxyl groups excluding tert-OH is 1. The molecule has 1 saturated carbocycles. The minimum Gasteiger partial charge on any atom is -0.391 e. The van der Waals surface area contributed by atoms with E-state index >= 15 is 0 Å². The van der Waals surface area contributed by atoms with E-state index < -0.39 is 0 Å². The molecule has 2 rings (SSSR count). The van der Waals surface area contributed by atoms with Gasteiger partial charge in [-0.05, 0) is 56.1 Å². The van der Waals surface area contributed by atoms with Crippen LogP contribution >= 0.6 is 0 Å². The highest BCUT2D eigenvalue weighted by molar-refractivity contribution is 5.28. The minimum atomic E-state index is -0.385. The second-order valence-electron chi connectivity index (χ2n) is 6.27. The Bertz CT molecular complexity index is 464. The fourth-order valence-corrected chi connectivity index (χ4v) is 3.99. The Kier molecular flexibility index (Phi) is 5.39. The molecule has 0 heterocycles. The number of likely N-dealkylation sites (N-methyl/N-ethyl adjacent to an activating group) is 1. The normalized spacial score (nSPS) is 19.1. The summed E-state index contributed by atoms with van der Waals surface area (Å²) in [6, 6.07) is 4.87. The van der Waals surface area contributed by atoms with E-state index in [-0.39, 0.29) is 17.5 Å². The molecule has 1 atom stereocenters. The highest BCUT2D eigenvalue weighted by Crippen LogP contribution is 2.39. The summed E-state index contributed by atoms with van der Waals surface area (Å²) in [7, 11) is 0. The second-order valence-corrected chi connectivity index (χ2v) is 6.27. The van der Waals surface area contributed by atoms with Crippen molar-refractivity contribution in [1.82, 2.24) is 4.90 Å². The van der Waals surface area contributed by atoms with Crippen molar-refractivity contribution < 1.29 is 9.50 Å². The number of hydrogen-bond acceptors (Lipinski definition) is 2. The first-order valence-corrected chi connectivity index (χ1v) is 8.21. The molecule has 0 saturated heterocycles. The summed E-state index contributed by atoms with van der Waals surface area (Å²) in [5.74, 6) is -0.204. The van der Waals surface area contributed by atoms with Crippen LogP contribution in [0.3, 0.4) is 0 Å². The fraction of sp³-hybridized carbons (Fsp3) is 0.667. The molecule has 0 aromatic heterocycles. The molecule has 2 nitrogen and oxygen atoms in total. The standard InChI is InChI=1S/C18H28FNO/c1-4-20(5-2)18(10-6-7-11-18)17(21)13-15-8-9-16(19)12-14(15)3/h8-9,12,17,21H,4-7,10-11,13H2,1-3H3. The van der Waals surface area contributed by atoms with Crippen LogP contribution in [-0.2, 0) is 6.42 Å². The molecule has 1 fully saturated rings. The molecule has 1 unspecified atom stereocenters. The molecule has 1 aromatic rings. The van der Waals surface area contributed by atoms with Crippen molar-refractivity contribution in [3.05, 3.63) is 35.1 Å². The molecule has 0 radical (unpaired) electrons. The first-order valence-electron chi connectivity index (χ1n) is 8.21. The SMILES string of the molecule is CCN(CC)C1(C(O)Cc2ccc(F)cc2C)CCCC1. The Balaban J connectivity index is 2.21. The van der Waals surface area contributed by atoms with Gasteiger partial charge < -0.3 is 5.11 Å². The first-order chi connectivity index (χ1) is 10.0. The number of halogens is 1. The van der Waals surface area contributed by atoms with Crippen molar-refractivity contribution in [2.75, 3.05) is 13.1 Å². The van der Waals surface area contributed by atoms with Gasteiger partial charge in [-0.15, -0.1) is 0 Å². The maximum atomic E-state index is 13.2. The van der Waals surface area contributed by atoms with E-state index in [9.17, 15) is 9.50 Å². The summed E-state index contributed by atoms with van der Waals surface area (Å²) in [6.07, 6.45) is 4.74. The smallest absolute Gasteiger partial charge is 0.123 e. The number of benzene rings is 1. The average Bonchev–Trinajstić information content (AvgIpc) is 2.94. The number of aliphatic hydroxyl groups is 1. The van der Waals surface area contributed by atoms with Gasteiger partial charge in [-0.25, -0.2) is 4.39 Å². The van der Waals surface area contributed by atoms with Gasteiger partial charge in [0.05, 0.1) is 6.10 Å². The lowest BCUT2D eigenvalue weighted by atomic mass is 9.84. The molecule has 1 N–H and O–H groups in total. The third-order valence-electron chi connectivity index (χ3n) is 5.20. The van der Waals surface area contributed by atoms with E-state index in [0.29, 0.717) is 6.42 Å². The second kappa shape index (κ2) is 6.89. The van der Waals surface area contributed by atoms with E-state index in [1.165, 1.54) is 18.9 Å². The lowest BCUT2D eigenvalue weighted by Crippen LogP contribution is -2.55. The van der Waals surface area contributed by atoms with Crippen LogP contribution in [0.5, 0.6) is 0 Å². The number of rotatable bonds is 6. The van der Waals surface area contributed by atoms with Crippen LogP contribution in [0, 0.1) is 12.7 Å². The summed E-state index contributed by atoms with van der Waals surface area (Å²) >= 11 is 0. The van der Waals surface area contributed by atoms with Crippen molar-refractivity contribution >= 4 is 0 Å². The molecule has 0 aliphatic heterocycles. The van der Waals surface area contributed by atoms with Crippen LogP contribution in [-0.4, -0.2) is 34.7 Å². The largest absolute Gasteiger partial charge is 0.391 e. The summed E-state index contributed by atoms with van der Waals surface area (Å²) in [5.41, 5.74) is 1.90. The predicted octanol–water partition coefficient (Wildman–Crippen LogP) is 3.69. The molecular weight excluding hydrogens is 265 g/mol. The predicted molar refractivity (Wildman–Crippen MR) is 85.0 cm³/mol. The molecule has 1 aromatic carbocycles. The van der Waals surface area contributed by atoms with Gasteiger partial charge in [0.1, 0.15) is 5.82 Å². The van der Waals surface area contributed by atoms with E-state index in [2.05, 4.69) is 18.7 Å². The van der Waals surface area contributed by atoms with E-state index in [0.717, 1.165) is 37.1 Å². The molecule has 3 heteroatoms. The van der Waals surface area contributed by atoms with E-state index in [1.807, 2.05) is 13.0 Å². The van der Waals surface area contributed by atoms with Gasteiger partial charge in [0, 0.05) is 12.0 Å². The molecule has 21 heavy (non-hydrogen) atoms. The van der Waals surface area contributed by atoms with Gasteiger partial charge in [-0.1, -0.05) is 32.8 Å². The van der Waals surface area contributed by atoms with Crippen LogP contribution in [0.15, 0.2) is 18.2 Å². The third kappa shape index (κ3) is 3.29. The number of hydrogen-bond donors (Lipinski definition) is 1. The van der Waals surface area contributed by atoms with Crippen molar-refractivity contribution in [1.29, 1.82) is 0 Å². The first kappa shape index (κ1) is 16.4. The molecule has 1 aliphatic carbocycles. The third-order valence-corrected chi connectivity index (χ3v) is 5.20. The Morgan fingerprint density at radius 3 is 2.38 bits per heavy atom. The quantitative estimate of drug-likeness (QED) is 0.864. The van der Waals surface area contributed by atoms with Gasteiger partial charge in [0.2, 0.25) is 0 Å². The lowest BCUT2D eigenvalue weighted by Gasteiger charge is -2.44. The highest BCUT2D eigenvalue weighted by atomic mass is 19.1. The Morgan fingerprint density at radius 1 is 1.24 bits per heavy atom. The molecule has 118 valence electrons. The van der Waals surface area contributed by atoms with Crippen molar-refractivity contribution in [3.63, 3.8) is 0 Å².